The first kappa shape index (κ1) is 19.5. The second kappa shape index (κ2) is 7.57. The van der Waals surface area contributed by atoms with Gasteiger partial charge in [-0.2, -0.15) is 13.2 Å². The van der Waals surface area contributed by atoms with Crippen LogP contribution in [-0.4, -0.2) is 22.1 Å². The summed E-state index contributed by atoms with van der Waals surface area (Å²) in [6.07, 6.45) is -4.48. The van der Waals surface area contributed by atoms with Gasteiger partial charge in [0.05, 0.1) is 16.3 Å². The molecule has 0 aliphatic carbocycles. The van der Waals surface area contributed by atoms with Crippen LogP contribution in [0.2, 0.25) is 5.02 Å². The maximum atomic E-state index is 12.7. The van der Waals surface area contributed by atoms with Gasteiger partial charge in [-0.1, -0.05) is 36.8 Å². The molecule has 0 bridgehead atoms. The van der Waals surface area contributed by atoms with Crippen LogP contribution in [-0.2, 0) is 11.0 Å². The molecule has 1 unspecified atom stereocenters. The summed E-state index contributed by atoms with van der Waals surface area (Å²) in [4.78, 5) is 12.4. The number of carbonyl (C=O) groups excluding carboxylic acids is 1. The van der Waals surface area contributed by atoms with Crippen molar-refractivity contribution in [1.29, 1.82) is 0 Å². The lowest BCUT2D eigenvalue weighted by molar-refractivity contribution is -0.137. The maximum Gasteiger partial charge on any atom is 0.416 e. The standard InChI is InChI=1S/C15H16ClF3N4OS/c1-7(2)12(13(24)21-14-23-22-8(3)25-14)20-11-5-4-9(6-10(11)16)15(17,18)19/h4-7,12,20H,1-3H3,(H,21,23,24). The van der Waals surface area contributed by atoms with Gasteiger partial charge in [0.25, 0.3) is 0 Å². The van der Waals surface area contributed by atoms with Crippen LogP contribution in [0.25, 0.3) is 0 Å². The van der Waals surface area contributed by atoms with E-state index in [-0.39, 0.29) is 22.5 Å². The number of nitrogens with zero attached hydrogens (tertiary/aromatic N) is 2. The van der Waals surface area contributed by atoms with Crippen LogP contribution in [0.15, 0.2) is 18.2 Å². The van der Waals surface area contributed by atoms with Crippen LogP contribution in [0.1, 0.15) is 24.4 Å². The van der Waals surface area contributed by atoms with Crippen LogP contribution in [0.5, 0.6) is 0 Å². The Balaban J connectivity index is 2.17. The van der Waals surface area contributed by atoms with Crippen molar-refractivity contribution in [2.75, 3.05) is 10.6 Å². The van der Waals surface area contributed by atoms with Crippen molar-refractivity contribution < 1.29 is 18.0 Å². The number of amides is 1. The molecule has 0 aliphatic rings. The molecule has 5 nitrogen and oxygen atoms in total. The van der Waals surface area contributed by atoms with E-state index in [2.05, 4.69) is 20.8 Å². The summed E-state index contributed by atoms with van der Waals surface area (Å²) in [5.74, 6) is -0.519. The predicted molar refractivity (Wildman–Crippen MR) is 92.0 cm³/mol. The monoisotopic (exact) mass is 392 g/mol. The number of benzene rings is 1. The molecule has 10 heteroatoms. The van der Waals surface area contributed by atoms with Crippen LogP contribution < -0.4 is 10.6 Å². The van der Waals surface area contributed by atoms with Gasteiger partial charge in [-0.15, -0.1) is 10.2 Å². The molecule has 2 N–H and O–H groups in total. The highest BCUT2D eigenvalue weighted by Crippen LogP contribution is 2.34. The molecule has 136 valence electrons. The summed E-state index contributed by atoms with van der Waals surface area (Å²) in [6.45, 7) is 5.37. The van der Waals surface area contributed by atoms with E-state index in [9.17, 15) is 18.0 Å². The minimum absolute atomic E-state index is 0.111. The average molecular weight is 393 g/mol. The molecule has 1 atom stereocenters. The lowest BCUT2D eigenvalue weighted by Gasteiger charge is -2.23. The number of aryl methyl sites for hydroxylation is 1. The highest BCUT2D eigenvalue weighted by molar-refractivity contribution is 7.15. The zero-order valence-electron chi connectivity index (χ0n) is 13.6. The van der Waals surface area contributed by atoms with Crippen molar-refractivity contribution >= 4 is 39.7 Å². The molecule has 1 heterocycles. The van der Waals surface area contributed by atoms with Crippen LogP contribution in [0.4, 0.5) is 24.0 Å². The van der Waals surface area contributed by atoms with E-state index in [0.717, 1.165) is 12.1 Å². The van der Waals surface area contributed by atoms with Crippen molar-refractivity contribution in [2.24, 2.45) is 5.92 Å². The quantitative estimate of drug-likeness (QED) is 0.780. The van der Waals surface area contributed by atoms with Crippen molar-refractivity contribution in [1.82, 2.24) is 10.2 Å². The second-order valence-electron chi connectivity index (χ2n) is 5.67. The van der Waals surface area contributed by atoms with Crippen LogP contribution in [0, 0.1) is 12.8 Å². The van der Waals surface area contributed by atoms with E-state index < -0.39 is 17.8 Å². The first-order valence-corrected chi connectivity index (χ1v) is 8.51. The molecule has 0 radical (unpaired) electrons. The van der Waals surface area contributed by atoms with Crippen LogP contribution >= 0.6 is 22.9 Å². The molecule has 1 aromatic carbocycles. The van der Waals surface area contributed by atoms with Crippen molar-refractivity contribution in [3.63, 3.8) is 0 Å². The second-order valence-corrected chi connectivity index (χ2v) is 7.26. The molecule has 1 amide bonds. The number of alkyl halides is 3. The lowest BCUT2D eigenvalue weighted by Crippen LogP contribution is -2.39. The van der Waals surface area contributed by atoms with E-state index >= 15 is 0 Å². The molecule has 2 aromatic rings. The van der Waals surface area contributed by atoms with Gasteiger partial charge in [0.15, 0.2) is 0 Å². The molecule has 0 spiro atoms. The SMILES string of the molecule is Cc1nnc(NC(=O)C(Nc2ccc(C(F)(F)F)cc2Cl)C(C)C)s1. The Morgan fingerprint density at radius 2 is 1.96 bits per heavy atom. The van der Waals surface area contributed by atoms with Gasteiger partial charge < -0.3 is 5.32 Å². The van der Waals surface area contributed by atoms with Gasteiger partial charge in [0.1, 0.15) is 11.0 Å². The fraction of sp³-hybridized carbons (Fsp3) is 0.400. The Labute approximate surface area is 151 Å². The summed E-state index contributed by atoms with van der Waals surface area (Å²) in [5.41, 5.74) is -0.602. The Morgan fingerprint density at radius 1 is 1.28 bits per heavy atom. The van der Waals surface area contributed by atoms with Gasteiger partial charge in [0, 0.05) is 0 Å². The minimum Gasteiger partial charge on any atom is -0.372 e. The van der Waals surface area contributed by atoms with Crippen molar-refractivity contribution in [3.05, 3.63) is 33.8 Å². The first-order chi connectivity index (χ1) is 11.6. The minimum atomic E-state index is -4.48. The lowest BCUT2D eigenvalue weighted by atomic mass is 10.0. The summed E-state index contributed by atoms with van der Waals surface area (Å²) in [5, 5.41) is 14.1. The van der Waals surface area contributed by atoms with Crippen LogP contribution in [0.3, 0.4) is 0 Å². The van der Waals surface area contributed by atoms with E-state index in [0.29, 0.717) is 10.1 Å². The van der Waals surface area contributed by atoms with Gasteiger partial charge in [-0.3, -0.25) is 10.1 Å². The number of carbonyl (C=O) groups is 1. The third kappa shape index (κ3) is 5.05. The molecule has 0 fully saturated rings. The fourth-order valence-corrected chi connectivity index (χ4v) is 2.87. The number of anilines is 2. The molecular weight excluding hydrogens is 377 g/mol. The number of hydrogen-bond donors (Lipinski definition) is 2. The van der Waals surface area contributed by atoms with Gasteiger partial charge in [-0.05, 0) is 31.0 Å². The number of halogens is 4. The fourth-order valence-electron chi connectivity index (χ4n) is 2.04. The van der Waals surface area contributed by atoms with Gasteiger partial charge >= 0.3 is 6.18 Å². The Morgan fingerprint density at radius 3 is 2.44 bits per heavy atom. The summed E-state index contributed by atoms with van der Waals surface area (Å²) >= 11 is 7.16. The summed E-state index contributed by atoms with van der Waals surface area (Å²) in [6, 6.07) is 2.24. The third-order valence-corrected chi connectivity index (χ3v) is 4.38. The summed E-state index contributed by atoms with van der Waals surface area (Å²) in [7, 11) is 0. The molecule has 25 heavy (non-hydrogen) atoms. The van der Waals surface area contributed by atoms with E-state index in [1.807, 2.05) is 0 Å². The topological polar surface area (TPSA) is 66.9 Å². The number of nitrogens with one attached hydrogen (secondary N) is 2. The maximum absolute atomic E-state index is 12.7. The molecule has 0 saturated carbocycles. The van der Waals surface area contributed by atoms with Crippen molar-refractivity contribution in [2.45, 2.75) is 33.0 Å². The summed E-state index contributed by atoms with van der Waals surface area (Å²) < 4.78 is 38.1. The molecule has 2 rings (SSSR count). The van der Waals surface area contributed by atoms with Gasteiger partial charge in [0.2, 0.25) is 11.0 Å². The van der Waals surface area contributed by atoms with Gasteiger partial charge in [-0.25, -0.2) is 0 Å². The first-order valence-electron chi connectivity index (χ1n) is 7.32. The number of hydrogen-bond acceptors (Lipinski definition) is 5. The van der Waals surface area contributed by atoms with Crippen molar-refractivity contribution in [3.8, 4) is 0 Å². The Kier molecular flexibility index (Phi) is 5.89. The molecular formula is C15H16ClF3N4OS. The zero-order chi connectivity index (χ0) is 18.8. The van der Waals surface area contributed by atoms with E-state index in [1.54, 1.807) is 20.8 Å². The Bertz CT molecular complexity index is 763. The largest absolute Gasteiger partial charge is 0.416 e. The third-order valence-electron chi connectivity index (χ3n) is 3.31. The number of rotatable bonds is 5. The predicted octanol–water partition coefficient (Wildman–Crippen LogP) is 4.59. The van der Waals surface area contributed by atoms with E-state index in [1.165, 1.54) is 17.4 Å². The zero-order valence-corrected chi connectivity index (χ0v) is 15.2. The number of aromatic nitrogens is 2. The highest BCUT2D eigenvalue weighted by atomic mass is 35.5. The highest BCUT2D eigenvalue weighted by Gasteiger charge is 2.31. The Hall–Kier alpha value is -1.87. The molecule has 0 aliphatic heterocycles. The van der Waals surface area contributed by atoms with E-state index in [4.69, 9.17) is 11.6 Å². The normalized spacial score (nSPS) is 13.0. The molecule has 1 aromatic heterocycles. The average Bonchev–Trinajstić information content (AvgIpc) is 2.89. The smallest absolute Gasteiger partial charge is 0.372 e. The molecule has 0 saturated heterocycles.